The number of hydrogen-bond acceptors (Lipinski definition) is 5. The Labute approximate surface area is 179 Å². The first-order valence-corrected chi connectivity index (χ1v) is 10.3. The van der Waals surface area contributed by atoms with Gasteiger partial charge in [-0.2, -0.15) is 0 Å². The van der Waals surface area contributed by atoms with Gasteiger partial charge in [-0.15, -0.1) is 0 Å². The summed E-state index contributed by atoms with van der Waals surface area (Å²) >= 11 is 0. The van der Waals surface area contributed by atoms with Gasteiger partial charge in [-0.25, -0.2) is 4.39 Å². The maximum atomic E-state index is 15.0. The fourth-order valence-electron chi connectivity index (χ4n) is 4.11. The Kier molecular flexibility index (Phi) is 4.90. The van der Waals surface area contributed by atoms with E-state index >= 15 is 4.39 Å². The number of nitrogens with one attached hydrogen (secondary N) is 1. The van der Waals surface area contributed by atoms with Crippen LogP contribution in [-0.2, 0) is 0 Å². The number of rotatable bonds is 6. The second-order valence-corrected chi connectivity index (χ2v) is 8.13. The van der Waals surface area contributed by atoms with Crippen LogP contribution in [0.1, 0.15) is 18.5 Å². The van der Waals surface area contributed by atoms with Crippen molar-refractivity contribution in [3.8, 4) is 23.0 Å². The van der Waals surface area contributed by atoms with Crippen LogP contribution >= 0.6 is 0 Å². The molecule has 1 saturated carbocycles. The van der Waals surface area contributed by atoms with E-state index in [0.717, 1.165) is 24.1 Å². The van der Waals surface area contributed by atoms with Crippen LogP contribution in [0.5, 0.6) is 23.0 Å². The number of halogens is 1. The molecule has 4 aromatic rings. The van der Waals surface area contributed by atoms with E-state index in [2.05, 4.69) is 9.97 Å². The van der Waals surface area contributed by atoms with Crippen molar-refractivity contribution in [3.05, 3.63) is 54.1 Å². The molecule has 5 rings (SSSR count). The summed E-state index contributed by atoms with van der Waals surface area (Å²) in [5.41, 5.74) is 8.16. The van der Waals surface area contributed by atoms with Crippen LogP contribution in [0.15, 0.2) is 42.6 Å². The lowest BCUT2D eigenvalue weighted by atomic mass is 9.82. The van der Waals surface area contributed by atoms with E-state index in [1.807, 2.05) is 25.1 Å². The van der Waals surface area contributed by atoms with Crippen molar-refractivity contribution in [1.29, 1.82) is 0 Å². The third-order valence-electron chi connectivity index (χ3n) is 5.79. The van der Waals surface area contributed by atoms with Crippen molar-refractivity contribution in [2.75, 3.05) is 13.7 Å². The molecule has 3 N–H and O–H groups in total. The average molecular weight is 421 g/mol. The molecule has 0 spiro atoms. The monoisotopic (exact) mass is 421 g/mol. The van der Waals surface area contributed by atoms with Gasteiger partial charge >= 0.3 is 0 Å². The molecule has 1 aliphatic rings. The predicted octanol–water partition coefficient (Wildman–Crippen LogP) is 5.08. The Morgan fingerprint density at radius 2 is 1.90 bits per heavy atom. The number of aromatic amines is 1. The molecule has 0 saturated heterocycles. The summed E-state index contributed by atoms with van der Waals surface area (Å²) in [5.74, 6) is 1.90. The first kappa shape index (κ1) is 19.6. The van der Waals surface area contributed by atoms with Crippen molar-refractivity contribution >= 4 is 21.8 Å². The van der Waals surface area contributed by atoms with Gasteiger partial charge in [0.25, 0.3) is 0 Å². The van der Waals surface area contributed by atoms with Crippen LogP contribution in [0.4, 0.5) is 4.39 Å². The number of nitrogens with zero attached hydrogens (tertiary/aromatic N) is 1. The van der Waals surface area contributed by atoms with E-state index in [1.54, 1.807) is 31.5 Å². The normalized spacial score (nSPS) is 18.2. The maximum absolute atomic E-state index is 15.0. The van der Waals surface area contributed by atoms with Crippen molar-refractivity contribution in [2.45, 2.75) is 25.8 Å². The summed E-state index contributed by atoms with van der Waals surface area (Å²) in [6, 6.07) is 10.8. The highest BCUT2D eigenvalue weighted by atomic mass is 19.1. The summed E-state index contributed by atoms with van der Waals surface area (Å²) in [5, 5.41) is 1.21. The molecule has 2 aromatic carbocycles. The standard InChI is InChI=1S/C24H24FN3O3/c1-13-7-17-18(28-13)3-4-21(24(17)25)31-20-5-6-27-19-11-23(22(29-2)10-16(19)20)30-12-14-8-15(26)9-14/h3-7,10-11,14-15,28H,8-9,12,26H2,1-2H3/t14-,15+. The zero-order valence-electron chi connectivity index (χ0n) is 17.4. The lowest BCUT2D eigenvalue weighted by Crippen LogP contribution is -2.39. The van der Waals surface area contributed by atoms with E-state index in [-0.39, 0.29) is 11.8 Å². The van der Waals surface area contributed by atoms with Crippen molar-refractivity contribution in [2.24, 2.45) is 11.7 Å². The minimum Gasteiger partial charge on any atom is -0.493 e. The van der Waals surface area contributed by atoms with Gasteiger partial charge in [0.15, 0.2) is 23.1 Å². The molecular weight excluding hydrogens is 397 g/mol. The lowest BCUT2D eigenvalue weighted by molar-refractivity contribution is 0.156. The van der Waals surface area contributed by atoms with Crippen LogP contribution < -0.4 is 19.9 Å². The van der Waals surface area contributed by atoms with Gasteiger partial charge in [0.05, 0.1) is 19.2 Å². The second kappa shape index (κ2) is 7.74. The van der Waals surface area contributed by atoms with Crippen LogP contribution in [0.3, 0.4) is 0 Å². The maximum Gasteiger partial charge on any atom is 0.175 e. The largest absolute Gasteiger partial charge is 0.493 e. The SMILES string of the molecule is COc1cc2c(Oc3ccc4[nH]c(C)cc4c3F)ccnc2cc1OC[C@H]1C[C@@H](N)C1. The molecule has 0 bridgehead atoms. The Balaban J connectivity index is 1.47. The Hall–Kier alpha value is -3.32. The number of aromatic nitrogens is 2. The molecule has 6 nitrogen and oxygen atoms in total. The molecule has 1 aliphatic carbocycles. The van der Waals surface area contributed by atoms with Crippen molar-refractivity contribution in [1.82, 2.24) is 9.97 Å². The Morgan fingerprint density at radius 3 is 2.68 bits per heavy atom. The summed E-state index contributed by atoms with van der Waals surface area (Å²) in [7, 11) is 1.59. The fourth-order valence-corrected chi connectivity index (χ4v) is 4.11. The highest BCUT2D eigenvalue weighted by Gasteiger charge is 2.26. The summed E-state index contributed by atoms with van der Waals surface area (Å²) < 4.78 is 32.5. The van der Waals surface area contributed by atoms with Crippen molar-refractivity contribution < 1.29 is 18.6 Å². The summed E-state index contributed by atoms with van der Waals surface area (Å²) in [4.78, 5) is 7.56. The molecule has 0 unspecified atom stereocenters. The molecule has 2 aromatic heterocycles. The molecule has 160 valence electrons. The summed E-state index contributed by atoms with van der Waals surface area (Å²) in [6.07, 6.45) is 3.58. The lowest BCUT2D eigenvalue weighted by Gasteiger charge is -2.32. The quantitative estimate of drug-likeness (QED) is 0.454. The summed E-state index contributed by atoms with van der Waals surface area (Å²) in [6.45, 7) is 2.48. The highest BCUT2D eigenvalue weighted by Crippen LogP contribution is 2.39. The Morgan fingerprint density at radius 1 is 1.06 bits per heavy atom. The smallest absolute Gasteiger partial charge is 0.175 e. The molecule has 0 radical (unpaired) electrons. The molecule has 2 heterocycles. The molecule has 1 fully saturated rings. The van der Waals surface area contributed by atoms with Gasteiger partial charge in [-0.1, -0.05) is 0 Å². The van der Waals surface area contributed by atoms with E-state index in [9.17, 15) is 0 Å². The molecule has 7 heteroatoms. The van der Waals surface area contributed by atoms with Crippen LogP contribution in [0, 0.1) is 18.7 Å². The van der Waals surface area contributed by atoms with Gasteiger partial charge < -0.3 is 24.9 Å². The average Bonchev–Trinajstić information content (AvgIpc) is 3.13. The van der Waals surface area contributed by atoms with Crippen LogP contribution in [-0.4, -0.2) is 29.7 Å². The fraction of sp³-hybridized carbons (Fsp3) is 0.292. The van der Waals surface area contributed by atoms with E-state index < -0.39 is 5.82 Å². The number of hydrogen-bond donors (Lipinski definition) is 2. The van der Waals surface area contributed by atoms with Crippen molar-refractivity contribution in [3.63, 3.8) is 0 Å². The van der Waals surface area contributed by atoms with Gasteiger partial charge in [0.2, 0.25) is 0 Å². The number of methoxy groups -OCH3 is 1. The minimum absolute atomic E-state index is 0.152. The van der Waals surface area contributed by atoms with Crippen LogP contribution in [0.25, 0.3) is 21.8 Å². The number of fused-ring (bicyclic) bond motifs is 2. The number of ether oxygens (including phenoxy) is 3. The number of aryl methyl sites for hydroxylation is 1. The van der Waals surface area contributed by atoms with Gasteiger partial charge in [-0.3, -0.25) is 4.98 Å². The van der Waals surface area contributed by atoms with Gasteiger partial charge in [0.1, 0.15) is 5.75 Å². The Bertz CT molecular complexity index is 1260. The topological polar surface area (TPSA) is 82.4 Å². The first-order chi connectivity index (χ1) is 15.0. The molecule has 31 heavy (non-hydrogen) atoms. The number of H-pyrrole nitrogens is 1. The number of benzene rings is 2. The second-order valence-electron chi connectivity index (χ2n) is 8.13. The molecular formula is C24H24FN3O3. The molecule has 0 atom stereocenters. The highest BCUT2D eigenvalue weighted by molar-refractivity contribution is 5.89. The third kappa shape index (κ3) is 3.65. The zero-order chi connectivity index (χ0) is 21.5. The molecule has 0 amide bonds. The molecule has 0 aliphatic heterocycles. The van der Waals surface area contributed by atoms with E-state index in [0.29, 0.717) is 46.1 Å². The predicted molar refractivity (Wildman–Crippen MR) is 118 cm³/mol. The first-order valence-electron chi connectivity index (χ1n) is 10.3. The minimum atomic E-state index is -0.405. The van der Waals surface area contributed by atoms with E-state index in [4.69, 9.17) is 19.9 Å². The van der Waals surface area contributed by atoms with Gasteiger partial charge in [-0.05, 0) is 56.0 Å². The van der Waals surface area contributed by atoms with E-state index in [1.165, 1.54) is 0 Å². The van der Waals surface area contributed by atoms with Crippen LogP contribution in [0.2, 0.25) is 0 Å². The zero-order valence-corrected chi connectivity index (χ0v) is 17.4. The number of pyridine rings is 1. The third-order valence-corrected chi connectivity index (χ3v) is 5.79. The number of nitrogens with two attached hydrogens (primary N) is 1. The van der Waals surface area contributed by atoms with Gasteiger partial charge in [0, 0.05) is 40.3 Å².